The summed E-state index contributed by atoms with van der Waals surface area (Å²) in [4.78, 5) is 38.0. The Morgan fingerprint density at radius 1 is 0.296 bits per heavy atom. The number of allylic oxidation sites excluding steroid dienone is 22. The Kier molecular flexibility index (Phi) is 54.5. The summed E-state index contributed by atoms with van der Waals surface area (Å²) in [6.07, 6.45) is 81.8. The zero-order valence-electron chi connectivity index (χ0n) is 45.7. The van der Waals surface area contributed by atoms with Crippen LogP contribution in [0.3, 0.4) is 0 Å². The molecule has 71 heavy (non-hydrogen) atoms. The van der Waals surface area contributed by atoms with E-state index in [2.05, 4.69) is 142 Å². The largest absolute Gasteiger partial charge is 0.462 e. The molecule has 0 aliphatic rings. The molecule has 0 radical (unpaired) electrons. The van der Waals surface area contributed by atoms with Gasteiger partial charge in [-0.3, -0.25) is 14.4 Å². The summed E-state index contributed by atoms with van der Waals surface area (Å²) in [6.45, 7) is 6.30. The molecule has 6 heteroatoms. The molecule has 0 heterocycles. The highest BCUT2D eigenvalue weighted by Gasteiger charge is 2.19. The fourth-order valence-electron chi connectivity index (χ4n) is 7.39. The molecular weight excluding hydrogens is 877 g/mol. The lowest BCUT2D eigenvalue weighted by molar-refractivity contribution is -0.166. The van der Waals surface area contributed by atoms with Crippen LogP contribution < -0.4 is 0 Å². The lowest BCUT2D eigenvalue weighted by atomic mass is 10.1. The molecule has 0 N–H and O–H groups in total. The molecule has 0 fully saturated rings. The van der Waals surface area contributed by atoms with Crippen molar-refractivity contribution < 1.29 is 28.6 Å². The van der Waals surface area contributed by atoms with Crippen LogP contribution in [-0.4, -0.2) is 37.2 Å². The van der Waals surface area contributed by atoms with E-state index in [-0.39, 0.29) is 31.6 Å². The Hall–Kier alpha value is -4.45. The highest BCUT2D eigenvalue weighted by atomic mass is 16.6. The van der Waals surface area contributed by atoms with Crippen molar-refractivity contribution in [3.05, 3.63) is 134 Å². The Morgan fingerprint density at radius 2 is 0.577 bits per heavy atom. The van der Waals surface area contributed by atoms with E-state index in [0.717, 1.165) is 122 Å². The molecule has 400 valence electrons. The average molecular weight is 982 g/mol. The summed E-state index contributed by atoms with van der Waals surface area (Å²) in [5, 5.41) is 0. The Labute approximate surface area is 436 Å². The second kappa shape index (κ2) is 58.1. The molecule has 0 aliphatic heterocycles. The van der Waals surface area contributed by atoms with Gasteiger partial charge in [0.2, 0.25) is 0 Å². The second-order valence-corrected chi connectivity index (χ2v) is 18.4. The Morgan fingerprint density at radius 3 is 0.930 bits per heavy atom. The van der Waals surface area contributed by atoms with Gasteiger partial charge in [-0.25, -0.2) is 0 Å². The summed E-state index contributed by atoms with van der Waals surface area (Å²) >= 11 is 0. The average Bonchev–Trinajstić information content (AvgIpc) is 3.37. The van der Waals surface area contributed by atoms with Crippen LogP contribution in [0, 0.1) is 0 Å². The van der Waals surface area contributed by atoms with Crippen molar-refractivity contribution in [2.75, 3.05) is 13.2 Å². The number of carbonyl (C=O) groups excluding carboxylic acids is 3. The van der Waals surface area contributed by atoms with Crippen molar-refractivity contribution in [2.45, 2.75) is 245 Å². The van der Waals surface area contributed by atoms with Gasteiger partial charge >= 0.3 is 17.9 Å². The van der Waals surface area contributed by atoms with Crippen molar-refractivity contribution in [2.24, 2.45) is 0 Å². The molecular formula is C65H104O6. The van der Waals surface area contributed by atoms with Gasteiger partial charge in [-0.15, -0.1) is 0 Å². The van der Waals surface area contributed by atoms with Gasteiger partial charge in [-0.2, -0.15) is 0 Å². The van der Waals surface area contributed by atoms with E-state index in [1.54, 1.807) is 0 Å². The van der Waals surface area contributed by atoms with Crippen LogP contribution >= 0.6 is 0 Å². The Bertz CT molecular complexity index is 1550. The smallest absolute Gasteiger partial charge is 0.306 e. The molecule has 0 spiro atoms. The topological polar surface area (TPSA) is 78.9 Å². The maximum absolute atomic E-state index is 12.8. The van der Waals surface area contributed by atoms with Crippen molar-refractivity contribution in [3.8, 4) is 0 Å². The number of rotatable bonds is 50. The molecule has 0 amide bonds. The summed E-state index contributed by atoms with van der Waals surface area (Å²) in [5.41, 5.74) is 0. The lowest BCUT2D eigenvalue weighted by Crippen LogP contribution is -2.30. The first kappa shape index (κ1) is 66.6. The summed E-state index contributed by atoms with van der Waals surface area (Å²) in [7, 11) is 0. The van der Waals surface area contributed by atoms with Crippen LogP contribution in [0.1, 0.15) is 239 Å². The Balaban J connectivity index is 4.37. The lowest BCUT2D eigenvalue weighted by Gasteiger charge is -2.18. The van der Waals surface area contributed by atoms with Crippen LogP contribution in [0.5, 0.6) is 0 Å². The predicted molar refractivity (Wildman–Crippen MR) is 306 cm³/mol. The van der Waals surface area contributed by atoms with Crippen LogP contribution in [-0.2, 0) is 28.6 Å². The third kappa shape index (κ3) is 56.3. The third-order valence-corrected chi connectivity index (χ3v) is 11.6. The fourth-order valence-corrected chi connectivity index (χ4v) is 7.39. The zero-order chi connectivity index (χ0) is 51.4. The molecule has 1 unspecified atom stereocenters. The summed E-state index contributed by atoms with van der Waals surface area (Å²) in [6, 6.07) is 0. The minimum atomic E-state index is -0.827. The van der Waals surface area contributed by atoms with Crippen molar-refractivity contribution in [3.63, 3.8) is 0 Å². The number of unbranched alkanes of at least 4 members (excludes halogenated alkanes) is 17. The van der Waals surface area contributed by atoms with E-state index < -0.39 is 12.1 Å². The molecule has 0 saturated heterocycles. The number of esters is 3. The predicted octanol–water partition coefficient (Wildman–Crippen LogP) is 19.4. The van der Waals surface area contributed by atoms with E-state index in [4.69, 9.17) is 14.2 Å². The molecule has 0 aromatic heterocycles. The SMILES string of the molecule is CC/C=C\C/C=C\C/C=C\C/C=C\C/C=C\C/C=C\CCCCCCCCCCC(=O)OCC(COC(=O)CCCCCCC/C=C\CCCCCC)OC(=O)CC/C=C\C/C=C\C/C=C\C/C=C\CC. The number of hydrogen-bond donors (Lipinski definition) is 0. The van der Waals surface area contributed by atoms with Crippen LogP contribution in [0.4, 0.5) is 0 Å². The number of carbonyl (C=O) groups is 3. The monoisotopic (exact) mass is 981 g/mol. The van der Waals surface area contributed by atoms with Crippen molar-refractivity contribution >= 4 is 17.9 Å². The highest BCUT2D eigenvalue weighted by molar-refractivity contribution is 5.71. The van der Waals surface area contributed by atoms with Gasteiger partial charge in [-0.05, 0) is 122 Å². The van der Waals surface area contributed by atoms with Crippen LogP contribution in [0.15, 0.2) is 134 Å². The third-order valence-electron chi connectivity index (χ3n) is 11.6. The van der Waals surface area contributed by atoms with Gasteiger partial charge < -0.3 is 14.2 Å². The van der Waals surface area contributed by atoms with Gasteiger partial charge in [0, 0.05) is 19.3 Å². The summed E-state index contributed by atoms with van der Waals surface area (Å²) in [5.74, 6) is -1.02. The van der Waals surface area contributed by atoms with Gasteiger partial charge in [0.05, 0.1) is 0 Å². The fraction of sp³-hybridized carbons (Fsp3) is 0.615. The van der Waals surface area contributed by atoms with E-state index in [9.17, 15) is 14.4 Å². The van der Waals surface area contributed by atoms with Crippen molar-refractivity contribution in [1.29, 1.82) is 0 Å². The minimum absolute atomic E-state index is 0.117. The molecule has 0 aromatic rings. The molecule has 0 saturated carbocycles. The maximum Gasteiger partial charge on any atom is 0.306 e. The maximum atomic E-state index is 12.8. The standard InChI is InChI=1S/C65H104O6/c1-4-7-10-13-16-19-22-25-26-27-28-29-30-31-32-33-34-35-36-37-38-41-43-46-49-52-55-58-64(67)70-61-62(71-65(68)59-56-53-50-47-44-40-24-21-18-15-12-9-6-3)60-69-63(66)57-54-51-48-45-42-39-23-20-17-14-11-8-5-2/h7,9-10,12,16,18-21,23,25-26,28-29,31-32,34-35,40,44,50,53,62H,4-6,8,11,13-15,17,22,24,27,30,33,36-39,41-43,45-49,51-52,54-61H2,1-3H3/b10-7-,12-9-,19-16-,21-18-,23-20-,26-25-,29-28-,32-31-,35-34-,44-40-,53-50-. The first-order valence-electron chi connectivity index (χ1n) is 28.7. The quantitative estimate of drug-likeness (QED) is 0.0262. The molecule has 6 nitrogen and oxygen atoms in total. The molecule has 1 atom stereocenters. The summed E-state index contributed by atoms with van der Waals surface area (Å²) < 4.78 is 16.7. The van der Waals surface area contributed by atoms with Crippen LogP contribution in [0.2, 0.25) is 0 Å². The van der Waals surface area contributed by atoms with Gasteiger partial charge in [0.25, 0.3) is 0 Å². The second-order valence-electron chi connectivity index (χ2n) is 18.4. The zero-order valence-corrected chi connectivity index (χ0v) is 45.7. The van der Waals surface area contributed by atoms with Crippen LogP contribution in [0.25, 0.3) is 0 Å². The highest BCUT2D eigenvalue weighted by Crippen LogP contribution is 2.13. The first-order valence-corrected chi connectivity index (χ1v) is 28.7. The molecule has 0 aromatic carbocycles. The van der Waals surface area contributed by atoms with Crippen molar-refractivity contribution in [1.82, 2.24) is 0 Å². The van der Waals surface area contributed by atoms with Gasteiger partial charge in [-0.1, -0.05) is 231 Å². The first-order chi connectivity index (χ1) is 35.0. The van der Waals surface area contributed by atoms with E-state index in [1.165, 1.54) is 70.6 Å². The molecule has 0 bridgehead atoms. The van der Waals surface area contributed by atoms with E-state index in [0.29, 0.717) is 19.3 Å². The minimum Gasteiger partial charge on any atom is -0.462 e. The van der Waals surface area contributed by atoms with Gasteiger partial charge in [0.1, 0.15) is 13.2 Å². The molecule has 0 aliphatic carbocycles. The number of hydrogen-bond acceptors (Lipinski definition) is 6. The normalized spacial score (nSPS) is 13.1. The number of ether oxygens (including phenoxy) is 3. The van der Waals surface area contributed by atoms with Gasteiger partial charge in [0.15, 0.2) is 6.10 Å². The van der Waals surface area contributed by atoms with E-state index >= 15 is 0 Å². The van der Waals surface area contributed by atoms with E-state index in [1.807, 2.05) is 12.2 Å². The molecule has 0 rings (SSSR count).